The lowest BCUT2D eigenvalue weighted by molar-refractivity contribution is 0.538. The molecule has 0 aliphatic heterocycles. The molecular weight excluding hydrogens is 276 g/mol. The summed E-state index contributed by atoms with van der Waals surface area (Å²) in [5, 5.41) is 0.124. The van der Waals surface area contributed by atoms with Crippen LogP contribution < -0.4 is 0 Å². The minimum atomic E-state index is 0.124. The van der Waals surface area contributed by atoms with E-state index in [-0.39, 0.29) is 5.38 Å². The predicted octanol–water partition coefficient (Wildman–Crippen LogP) is 5.51. The van der Waals surface area contributed by atoms with Gasteiger partial charge < -0.3 is 0 Å². The van der Waals surface area contributed by atoms with Crippen LogP contribution in [0.5, 0.6) is 0 Å². The zero-order chi connectivity index (χ0) is 14.8. The van der Waals surface area contributed by atoms with Crippen LogP contribution in [0.4, 0.5) is 0 Å². The highest BCUT2D eigenvalue weighted by atomic mass is 35.5. The van der Waals surface area contributed by atoms with Crippen molar-refractivity contribution in [1.29, 1.82) is 0 Å². The summed E-state index contributed by atoms with van der Waals surface area (Å²) in [6, 6.07) is 15.6. The summed E-state index contributed by atoms with van der Waals surface area (Å²) >= 11 is 6.92. The maximum atomic E-state index is 6.92. The Hall–Kier alpha value is -1.27. The van der Waals surface area contributed by atoms with Gasteiger partial charge in [0.25, 0.3) is 0 Å². The standard InChI is InChI=1S/C20H23Cl/c1-3-14-9-10-15(4-2)19(11-14)20(21)18-12-16-7-5-6-8-17(16)13-18/h5-11,18,20H,3-4,12-13H2,1-2H3. The lowest BCUT2D eigenvalue weighted by atomic mass is 9.90. The summed E-state index contributed by atoms with van der Waals surface area (Å²) in [6.45, 7) is 4.43. The summed E-state index contributed by atoms with van der Waals surface area (Å²) in [5.74, 6) is 0.529. The Labute approximate surface area is 133 Å². The first-order valence-electron chi connectivity index (χ1n) is 8.05. The van der Waals surface area contributed by atoms with Gasteiger partial charge in [0, 0.05) is 0 Å². The van der Waals surface area contributed by atoms with Crippen molar-refractivity contribution < 1.29 is 0 Å². The van der Waals surface area contributed by atoms with Crippen LogP contribution in [0.2, 0.25) is 0 Å². The van der Waals surface area contributed by atoms with Gasteiger partial charge in [-0.25, -0.2) is 0 Å². The third-order valence-corrected chi connectivity index (χ3v) is 5.38. The van der Waals surface area contributed by atoms with Crippen LogP contribution in [0.25, 0.3) is 0 Å². The molecule has 0 amide bonds. The Morgan fingerprint density at radius 3 is 2.24 bits per heavy atom. The second-order valence-electron chi connectivity index (χ2n) is 6.08. The molecule has 0 saturated carbocycles. The maximum Gasteiger partial charge on any atom is 0.0622 e. The number of hydrogen-bond donors (Lipinski definition) is 0. The molecule has 1 heteroatoms. The topological polar surface area (TPSA) is 0 Å². The van der Waals surface area contributed by atoms with E-state index < -0.39 is 0 Å². The van der Waals surface area contributed by atoms with E-state index in [4.69, 9.17) is 11.6 Å². The van der Waals surface area contributed by atoms with E-state index in [0.717, 1.165) is 25.7 Å². The molecule has 3 rings (SSSR count). The first-order valence-corrected chi connectivity index (χ1v) is 8.49. The number of hydrogen-bond acceptors (Lipinski definition) is 0. The maximum absolute atomic E-state index is 6.92. The summed E-state index contributed by atoms with van der Waals surface area (Å²) in [4.78, 5) is 0. The summed E-state index contributed by atoms with van der Waals surface area (Å²) in [6.07, 6.45) is 4.36. The van der Waals surface area contributed by atoms with Gasteiger partial charge in [-0.1, -0.05) is 56.3 Å². The molecule has 0 saturated heterocycles. The van der Waals surface area contributed by atoms with E-state index in [1.807, 2.05) is 0 Å². The molecule has 0 radical (unpaired) electrons. The van der Waals surface area contributed by atoms with Gasteiger partial charge in [0.2, 0.25) is 0 Å². The number of fused-ring (bicyclic) bond motifs is 1. The molecule has 0 fully saturated rings. The molecule has 2 aromatic carbocycles. The largest absolute Gasteiger partial charge is 0.117 e. The van der Waals surface area contributed by atoms with Crippen molar-refractivity contribution in [3.63, 3.8) is 0 Å². The molecule has 0 N–H and O–H groups in total. The first kappa shape index (κ1) is 14.7. The number of halogens is 1. The van der Waals surface area contributed by atoms with Crippen LogP contribution in [0, 0.1) is 5.92 Å². The lowest BCUT2D eigenvalue weighted by Crippen LogP contribution is -2.10. The van der Waals surface area contributed by atoms with E-state index >= 15 is 0 Å². The minimum absolute atomic E-state index is 0.124. The van der Waals surface area contributed by atoms with Gasteiger partial charge in [-0.05, 0) is 59.4 Å². The molecule has 1 aliphatic rings. The SMILES string of the molecule is CCc1ccc(CC)c(C(Cl)C2Cc3ccccc3C2)c1. The Bertz CT molecular complexity index is 604. The molecule has 1 unspecified atom stereocenters. The molecule has 0 aromatic heterocycles. The quantitative estimate of drug-likeness (QED) is 0.653. The van der Waals surface area contributed by atoms with Crippen molar-refractivity contribution in [3.05, 3.63) is 70.3 Å². The highest BCUT2D eigenvalue weighted by Gasteiger charge is 2.29. The van der Waals surface area contributed by atoms with Gasteiger partial charge in [-0.15, -0.1) is 11.6 Å². The van der Waals surface area contributed by atoms with E-state index in [1.54, 1.807) is 0 Å². The van der Waals surface area contributed by atoms with Crippen molar-refractivity contribution in [1.82, 2.24) is 0 Å². The molecular formula is C20H23Cl. The molecule has 0 nitrogen and oxygen atoms in total. The van der Waals surface area contributed by atoms with Gasteiger partial charge in [0.1, 0.15) is 0 Å². The van der Waals surface area contributed by atoms with Crippen LogP contribution in [0.1, 0.15) is 47.0 Å². The predicted molar refractivity (Wildman–Crippen MR) is 91.1 cm³/mol. The third kappa shape index (κ3) is 2.87. The molecule has 110 valence electrons. The van der Waals surface area contributed by atoms with Crippen LogP contribution in [-0.2, 0) is 25.7 Å². The zero-order valence-electron chi connectivity index (χ0n) is 12.9. The highest BCUT2D eigenvalue weighted by Crippen LogP contribution is 2.40. The molecule has 0 spiro atoms. The average molecular weight is 299 g/mol. The smallest absolute Gasteiger partial charge is 0.0622 e. The van der Waals surface area contributed by atoms with Crippen LogP contribution in [0.3, 0.4) is 0 Å². The molecule has 1 aliphatic carbocycles. The fourth-order valence-electron chi connectivity index (χ4n) is 3.50. The lowest BCUT2D eigenvalue weighted by Gasteiger charge is -2.21. The summed E-state index contributed by atoms with van der Waals surface area (Å²) in [7, 11) is 0. The van der Waals surface area contributed by atoms with Crippen molar-refractivity contribution in [2.75, 3.05) is 0 Å². The van der Waals surface area contributed by atoms with Crippen molar-refractivity contribution in [2.45, 2.75) is 44.9 Å². The molecule has 21 heavy (non-hydrogen) atoms. The molecule has 1 atom stereocenters. The van der Waals surface area contributed by atoms with Crippen LogP contribution in [0.15, 0.2) is 42.5 Å². The monoisotopic (exact) mass is 298 g/mol. The van der Waals surface area contributed by atoms with E-state index in [2.05, 4.69) is 56.3 Å². The second kappa shape index (κ2) is 6.23. The van der Waals surface area contributed by atoms with Gasteiger partial charge >= 0.3 is 0 Å². The Balaban J connectivity index is 1.88. The van der Waals surface area contributed by atoms with Crippen LogP contribution >= 0.6 is 11.6 Å². The third-order valence-electron chi connectivity index (χ3n) is 4.79. The number of alkyl halides is 1. The number of aryl methyl sites for hydroxylation is 2. The second-order valence-corrected chi connectivity index (χ2v) is 6.55. The van der Waals surface area contributed by atoms with Gasteiger partial charge in [-0.3, -0.25) is 0 Å². The normalized spacial score (nSPS) is 16.0. The number of benzene rings is 2. The van der Waals surface area contributed by atoms with E-state index in [0.29, 0.717) is 5.92 Å². The van der Waals surface area contributed by atoms with Gasteiger partial charge in [0.15, 0.2) is 0 Å². The summed E-state index contributed by atoms with van der Waals surface area (Å²) in [5.41, 5.74) is 7.12. The highest BCUT2D eigenvalue weighted by molar-refractivity contribution is 6.21. The zero-order valence-corrected chi connectivity index (χ0v) is 13.7. The minimum Gasteiger partial charge on any atom is -0.117 e. The Morgan fingerprint density at radius 2 is 1.67 bits per heavy atom. The summed E-state index contributed by atoms with van der Waals surface area (Å²) < 4.78 is 0. The molecule has 2 aromatic rings. The van der Waals surface area contributed by atoms with Crippen molar-refractivity contribution in [3.8, 4) is 0 Å². The molecule has 0 bridgehead atoms. The van der Waals surface area contributed by atoms with E-state index in [1.165, 1.54) is 27.8 Å². The van der Waals surface area contributed by atoms with Gasteiger partial charge in [0.05, 0.1) is 5.38 Å². The van der Waals surface area contributed by atoms with Crippen molar-refractivity contribution in [2.24, 2.45) is 5.92 Å². The Kier molecular flexibility index (Phi) is 4.35. The fraction of sp³-hybridized carbons (Fsp3) is 0.400. The fourth-order valence-corrected chi connectivity index (χ4v) is 3.88. The molecule has 0 heterocycles. The Morgan fingerprint density at radius 1 is 1.00 bits per heavy atom. The van der Waals surface area contributed by atoms with E-state index in [9.17, 15) is 0 Å². The van der Waals surface area contributed by atoms with Crippen LogP contribution in [-0.4, -0.2) is 0 Å². The number of rotatable bonds is 4. The van der Waals surface area contributed by atoms with Crippen molar-refractivity contribution >= 4 is 11.6 Å². The first-order chi connectivity index (χ1) is 10.2. The van der Waals surface area contributed by atoms with Gasteiger partial charge in [-0.2, -0.15) is 0 Å². The average Bonchev–Trinajstić information content (AvgIpc) is 2.97.